The molecule has 0 aromatic heterocycles. The predicted octanol–water partition coefficient (Wildman–Crippen LogP) is 3.04. The molecule has 100 valence electrons. The van der Waals surface area contributed by atoms with Crippen molar-refractivity contribution in [3.63, 3.8) is 0 Å². The SMILES string of the molecule is CCCC[C@H](NC1CC(C)(C)CC1C)C(=O)O. The summed E-state index contributed by atoms with van der Waals surface area (Å²) in [5.74, 6) is -0.121. The molecule has 0 aliphatic heterocycles. The lowest BCUT2D eigenvalue weighted by atomic mass is 9.91. The van der Waals surface area contributed by atoms with Crippen LogP contribution in [0.25, 0.3) is 0 Å². The monoisotopic (exact) mass is 241 g/mol. The maximum atomic E-state index is 11.2. The molecule has 3 heteroatoms. The van der Waals surface area contributed by atoms with Crippen LogP contribution in [0.15, 0.2) is 0 Å². The summed E-state index contributed by atoms with van der Waals surface area (Å²) in [6.45, 7) is 8.87. The maximum Gasteiger partial charge on any atom is 0.320 e. The summed E-state index contributed by atoms with van der Waals surface area (Å²) in [6, 6.07) is -0.000689. The summed E-state index contributed by atoms with van der Waals surface area (Å²) in [5, 5.41) is 12.6. The van der Waals surface area contributed by atoms with Gasteiger partial charge in [-0.05, 0) is 30.6 Å². The molecule has 1 saturated carbocycles. The summed E-state index contributed by atoms with van der Waals surface area (Å²) in [5.41, 5.74) is 0.352. The molecule has 1 rings (SSSR count). The van der Waals surface area contributed by atoms with Gasteiger partial charge in [-0.25, -0.2) is 0 Å². The molecule has 2 N–H and O–H groups in total. The van der Waals surface area contributed by atoms with E-state index in [1.807, 2.05) is 0 Å². The van der Waals surface area contributed by atoms with Crippen LogP contribution in [0, 0.1) is 11.3 Å². The quantitative estimate of drug-likeness (QED) is 0.751. The fourth-order valence-corrected chi connectivity index (χ4v) is 3.06. The first-order valence-corrected chi connectivity index (χ1v) is 6.84. The Hall–Kier alpha value is -0.570. The third-order valence-electron chi connectivity index (χ3n) is 3.89. The van der Waals surface area contributed by atoms with Gasteiger partial charge in [0.05, 0.1) is 0 Å². The second-order valence-corrected chi connectivity index (χ2v) is 6.36. The van der Waals surface area contributed by atoms with Crippen molar-refractivity contribution in [2.75, 3.05) is 0 Å². The van der Waals surface area contributed by atoms with Crippen LogP contribution in [0.4, 0.5) is 0 Å². The number of carboxylic acid groups (broad SMARTS) is 1. The van der Waals surface area contributed by atoms with Crippen LogP contribution in [0.2, 0.25) is 0 Å². The molecule has 17 heavy (non-hydrogen) atoms. The van der Waals surface area contributed by atoms with Crippen molar-refractivity contribution in [1.29, 1.82) is 0 Å². The van der Waals surface area contributed by atoms with Crippen LogP contribution in [0.3, 0.4) is 0 Å². The molecular weight excluding hydrogens is 214 g/mol. The summed E-state index contributed by atoms with van der Waals surface area (Å²) in [7, 11) is 0. The Labute approximate surface area is 105 Å². The Morgan fingerprint density at radius 1 is 1.47 bits per heavy atom. The molecule has 0 radical (unpaired) electrons. The Balaban J connectivity index is 2.52. The van der Waals surface area contributed by atoms with Crippen molar-refractivity contribution in [3.05, 3.63) is 0 Å². The van der Waals surface area contributed by atoms with Gasteiger partial charge in [0.1, 0.15) is 6.04 Å². The van der Waals surface area contributed by atoms with Crippen molar-refractivity contribution in [3.8, 4) is 0 Å². The maximum absolute atomic E-state index is 11.2. The standard InChI is InChI=1S/C14H27NO2/c1-5-6-7-11(13(16)17)15-12-9-14(3,4)8-10(12)2/h10-12,15H,5-9H2,1-4H3,(H,16,17)/t10?,11-,12?/m0/s1. The largest absolute Gasteiger partial charge is 0.480 e. The Morgan fingerprint density at radius 2 is 2.12 bits per heavy atom. The molecule has 0 bridgehead atoms. The van der Waals surface area contributed by atoms with Crippen LogP contribution in [-0.2, 0) is 4.79 Å². The minimum atomic E-state index is -0.699. The predicted molar refractivity (Wildman–Crippen MR) is 70.1 cm³/mol. The zero-order chi connectivity index (χ0) is 13.1. The first-order valence-electron chi connectivity index (χ1n) is 6.84. The summed E-state index contributed by atoms with van der Waals surface area (Å²) in [4.78, 5) is 11.2. The van der Waals surface area contributed by atoms with E-state index in [4.69, 9.17) is 0 Å². The highest BCUT2D eigenvalue weighted by Gasteiger charge is 2.38. The number of hydrogen-bond donors (Lipinski definition) is 2. The summed E-state index contributed by atoms with van der Waals surface area (Å²) < 4.78 is 0. The fraction of sp³-hybridized carbons (Fsp3) is 0.929. The highest BCUT2D eigenvalue weighted by Crippen LogP contribution is 2.41. The van der Waals surface area contributed by atoms with Crippen LogP contribution < -0.4 is 5.32 Å². The number of rotatable bonds is 6. The molecule has 1 aliphatic carbocycles. The van der Waals surface area contributed by atoms with Gasteiger partial charge in [-0.3, -0.25) is 4.79 Å². The van der Waals surface area contributed by atoms with E-state index < -0.39 is 5.97 Å². The highest BCUT2D eigenvalue weighted by atomic mass is 16.4. The van der Waals surface area contributed by atoms with E-state index in [0.29, 0.717) is 17.4 Å². The van der Waals surface area contributed by atoms with E-state index >= 15 is 0 Å². The van der Waals surface area contributed by atoms with Gasteiger partial charge in [0, 0.05) is 6.04 Å². The molecule has 3 atom stereocenters. The van der Waals surface area contributed by atoms with Gasteiger partial charge in [-0.2, -0.15) is 0 Å². The van der Waals surface area contributed by atoms with Crippen LogP contribution in [0.5, 0.6) is 0 Å². The third-order valence-corrected chi connectivity index (χ3v) is 3.89. The average molecular weight is 241 g/mol. The van der Waals surface area contributed by atoms with Gasteiger partial charge in [0.15, 0.2) is 0 Å². The minimum absolute atomic E-state index is 0.352. The number of unbranched alkanes of at least 4 members (excludes halogenated alkanes) is 1. The van der Waals surface area contributed by atoms with Gasteiger partial charge in [-0.15, -0.1) is 0 Å². The zero-order valence-corrected chi connectivity index (χ0v) is 11.6. The van der Waals surface area contributed by atoms with Crippen molar-refractivity contribution in [1.82, 2.24) is 5.32 Å². The summed E-state index contributed by atoms with van der Waals surface area (Å²) >= 11 is 0. The molecular formula is C14H27NO2. The normalized spacial score (nSPS) is 29.2. The molecule has 0 heterocycles. The van der Waals surface area contributed by atoms with Gasteiger partial charge in [0.2, 0.25) is 0 Å². The fourth-order valence-electron chi connectivity index (χ4n) is 3.06. The van der Waals surface area contributed by atoms with E-state index in [2.05, 4.69) is 33.0 Å². The Bertz CT molecular complexity index is 263. The van der Waals surface area contributed by atoms with E-state index in [1.165, 1.54) is 6.42 Å². The zero-order valence-electron chi connectivity index (χ0n) is 11.6. The highest BCUT2D eigenvalue weighted by molar-refractivity contribution is 5.73. The van der Waals surface area contributed by atoms with Crippen molar-refractivity contribution in [2.45, 2.75) is 71.9 Å². The molecule has 0 aromatic carbocycles. The molecule has 3 nitrogen and oxygen atoms in total. The number of aliphatic carboxylic acids is 1. The molecule has 1 aliphatic rings. The number of carbonyl (C=O) groups is 1. The molecule has 0 aromatic rings. The molecule has 2 unspecified atom stereocenters. The lowest BCUT2D eigenvalue weighted by Gasteiger charge is -2.23. The lowest BCUT2D eigenvalue weighted by Crippen LogP contribution is -2.44. The first kappa shape index (κ1) is 14.5. The number of nitrogens with one attached hydrogen (secondary N) is 1. The van der Waals surface area contributed by atoms with Gasteiger partial charge >= 0.3 is 5.97 Å². The van der Waals surface area contributed by atoms with Gasteiger partial charge in [0.25, 0.3) is 0 Å². The molecule has 0 saturated heterocycles. The van der Waals surface area contributed by atoms with Gasteiger partial charge in [-0.1, -0.05) is 40.5 Å². The van der Waals surface area contributed by atoms with E-state index in [0.717, 1.165) is 25.7 Å². The number of hydrogen-bond acceptors (Lipinski definition) is 2. The second-order valence-electron chi connectivity index (χ2n) is 6.36. The molecule has 0 spiro atoms. The van der Waals surface area contributed by atoms with Gasteiger partial charge < -0.3 is 10.4 Å². The minimum Gasteiger partial charge on any atom is -0.480 e. The van der Waals surface area contributed by atoms with E-state index in [-0.39, 0.29) is 6.04 Å². The third kappa shape index (κ3) is 4.30. The van der Waals surface area contributed by atoms with E-state index in [9.17, 15) is 9.90 Å². The lowest BCUT2D eigenvalue weighted by molar-refractivity contribution is -0.140. The molecule has 0 amide bonds. The van der Waals surface area contributed by atoms with Crippen LogP contribution >= 0.6 is 0 Å². The summed E-state index contributed by atoms with van der Waals surface area (Å²) in [6.07, 6.45) is 5.05. The topological polar surface area (TPSA) is 49.3 Å². The van der Waals surface area contributed by atoms with E-state index in [1.54, 1.807) is 0 Å². The van der Waals surface area contributed by atoms with Crippen LogP contribution in [0.1, 0.15) is 59.8 Å². The molecule has 1 fully saturated rings. The van der Waals surface area contributed by atoms with Crippen molar-refractivity contribution < 1.29 is 9.90 Å². The second kappa shape index (κ2) is 5.85. The van der Waals surface area contributed by atoms with Crippen molar-refractivity contribution >= 4 is 5.97 Å². The van der Waals surface area contributed by atoms with Crippen LogP contribution in [-0.4, -0.2) is 23.2 Å². The average Bonchev–Trinajstić information content (AvgIpc) is 2.46. The Kier molecular flexibility index (Phi) is 4.99. The number of carboxylic acids is 1. The Morgan fingerprint density at radius 3 is 2.53 bits per heavy atom. The smallest absolute Gasteiger partial charge is 0.320 e. The van der Waals surface area contributed by atoms with Crippen molar-refractivity contribution in [2.24, 2.45) is 11.3 Å². The first-order chi connectivity index (χ1) is 7.85.